The number of hydrogen-bond acceptors (Lipinski definition) is 4. The lowest BCUT2D eigenvalue weighted by molar-refractivity contribution is -0.0751. The van der Waals surface area contributed by atoms with Crippen LogP contribution in [0.15, 0.2) is 0 Å². The molecule has 0 bridgehead atoms. The van der Waals surface area contributed by atoms with E-state index < -0.39 is 16.7 Å². The summed E-state index contributed by atoms with van der Waals surface area (Å²) >= 11 is -2.03. The molecule has 0 amide bonds. The van der Waals surface area contributed by atoms with Gasteiger partial charge in [-0.3, -0.25) is 4.21 Å². The fourth-order valence-corrected chi connectivity index (χ4v) is 2.20. The van der Waals surface area contributed by atoms with Crippen molar-refractivity contribution in [1.82, 2.24) is 0 Å². The van der Waals surface area contributed by atoms with Gasteiger partial charge < -0.3 is 14.0 Å². The van der Waals surface area contributed by atoms with E-state index in [1.54, 1.807) is 7.11 Å². The molecule has 0 aromatic heterocycles. The molecule has 0 spiro atoms. The first-order valence-corrected chi connectivity index (χ1v) is 5.12. The predicted molar refractivity (Wildman–Crippen MR) is 43.6 cm³/mol. The number of rotatable bonds is 3. The SMILES string of the molecule is COC1(CS(=O)[O-])CCOCC1. The third kappa shape index (κ3) is 2.52. The second kappa shape index (κ2) is 4.32. The lowest BCUT2D eigenvalue weighted by Crippen LogP contribution is -2.42. The van der Waals surface area contributed by atoms with Crippen molar-refractivity contribution in [3.8, 4) is 0 Å². The van der Waals surface area contributed by atoms with Crippen LogP contribution >= 0.6 is 0 Å². The zero-order valence-corrected chi connectivity index (χ0v) is 7.89. The van der Waals surface area contributed by atoms with Crippen LogP contribution in [0.1, 0.15) is 12.8 Å². The Balaban J connectivity index is 2.53. The van der Waals surface area contributed by atoms with Crippen molar-refractivity contribution < 1.29 is 18.2 Å². The molecule has 0 aromatic carbocycles. The molecule has 0 saturated carbocycles. The highest BCUT2D eigenvalue weighted by atomic mass is 32.2. The molecule has 0 radical (unpaired) electrons. The predicted octanol–water partition coefficient (Wildman–Crippen LogP) is 0.0611. The lowest BCUT2D eigenvalue weighted by atomic mass is 9.97. The third-order valence-corrected chi connectivity index (χ3v) is 2.98. The first-order valence-electron chi connectivity index (χ1n) is 3.87. The molecular formula is C7H13O4S-. The van der Waals surface area contributed by atoms with E-state index in [1.165, 1.54) is 0 Å². The average molecular weight is 193 g/mol. The Bertz CT molecular complexity index is 165. The van der Waals surface area contributed by atoms with Gasteiger partial charge in [-0.15, -0.1) is 0 Å². The highest BCUT2D eigenvalue weighted by Gasteiger charge is 2.32. The van der Waals surface area contributed by atoms with Gasteiger partial charge >= 0.3 is 0 Å². The van der Waals surface area contributed by atoms with Crippen molar-refractivity contribution in [2.45, 2.75) is 18.4 Å². The maximum Gasteiger partial charge on any atom is 0.0826 e. The topological polar surface area (TPSA) is 58.6 Å². The van der Waals surface area contributed by atoms with Gasteiger partial charge in [0.2, 0.25) is 0 Å². The summed E-state index contributed by atoms with van der Waals surface area (Å²) < 4.78 is 31.4. The van der Waals surface area contributed by atoms with Crippen LogP contribution in [0.2, 0.25) is 0 Å². The zero-order chi connectivity index (χ0) is 9.03. The Labute approximate surface area is 74.5 Å². The van der Waals surface area contributed by atoms with Gasteiger partial charge in [-0.05, 0) is 0 Å². The molecule has 5 heteroatoms. The van der Waals surface area contributed by atoms with Crippen LogP contribution in [0.25, 0.3) is 0 Å². The summed E-state index contributed by atoms with van der Waals surface area (Å²) in [5, 5.41) is 0. The molecule has 1 rings (SSSR count). The van der Waals surface area contributed by atoms with Crippen molar-refractivity contribution in [1.29, 1.82) is 0 Å². The van der Waals surface area contributed by atoms with Gasteiger partial charge in [-0.2, -0.15) is 0 Å². The van der Waals surface area contributed by atoms with Gasteiger partial charge in [-0.25, -0.2) is 0 Å². The summed E-state index contributed by atoms with van der Waals surface area (Å²) in [6, 6.07) is 0. The average Bonchev–Trinajstić information content (AvgIpc) is 2.05. The van der Waals surface area contributed by atoms with Crippen LogP contribution in [-0.2, 0) is 20.6 Å². The Morgan fingerprint density at radius 2 is 2.17 bits per heavy atom. The second-order valence-corrected chi connectivity index (χ2v) is 3.84. The van der Waals surface area contributed by atoms with E-state index in [-0.39, 0.29) is 5.75 Å². The third-order valence-electron chi connectivity index (χ3n) is 2.22. The summed E-state index contributed by atoms with van der Waals surface area (Å²) in [5.74, 6) is 0.0762. The van der Waals surface area contributed by atoms with Crippen LogP contribution in [0.5, 0.6) is 0 Å². The first-order chi connectivity index (χ1) is 5.68. The second-order valence-electron chi connectivity index (χ2n) is 2.95. The Hall–Kier alpha value is 0.0300. The minimum Gasteiger partial charge on any atom is -0.772 e. The maximum atomic E-state index is 10.5. The van der Waals surface area contributed by atoms with Crippen LogP contribution in [-0.4, -0.2) is 40.4 Å². The van der Waals surface area contributed by atoms with Gasteiger partial charge in [0.25, 0.3) is 0 Å². The minimum absolute atomic E-state index is 0.0762. The molecule has 72 valence electrons. The minimum atomic E-state index is -2.03. The Kier molecular flexibility index (Phi) is 3.64. The fraction of sp³-hybridized carbons (Fsp3) is 1.00. The molecule has 0 aliphatic carbocycles. The van der Waals surface area contributed by atoms with Gasteiger partial charge in [0.1, 0.15) is 0 Å². The smallest absolute Gasteiger partial charge is 0.0826 e. The lowest BCUT2D eigenvalue weighted by Gasteiger charge is -2.36. The molecule has 1 saturated heterocycles. The van der Waals surface area contributed by atoms with Crippen molar-refractivity contribution in [2.24, 2.45) is 0 Å². The fourth-order valence-electron chi connectivity index (χ4n) is 1.37. The van der Waals surface area contributed by atoms with Gasteiger partial charge in [-0.1, -0.05) is 11.1 Å². The van der Waals surface area contributed by atoms with Crippen molar-refractivity contribution >= 4 is 11.1 Å². The number of methoxy groups -OCH3 is 1. The number of hydrogen-bond donors (Lipinski definition) is 0. The van der Waals surface area contributed by atoms with E-state index in [4.69, 9.17) is 9.47 Å². The van der Waals surface area contributed by atoms with Crippen molar-refractivity contribution in [3.63, 3.8) is 0 Å². The van der Waals surface area contributed by atoms with Crippen LogP contribution in [0.3, 0.4) is 0 Å². The molecule has 1 heterocycles. The van der Waals surface area contributed by atoms with Crippen LogP contribution < -0.4 is 0 Å². The summed E-state index contributed by atoms with van der Waals surface area (Å²) in [6.45, 7) is 1.18. The van der Waals surface area contributed by atoms with E-state index in [0.717, 1.165) is 0 Å². The molecule has 4 nitrogen and oxygen atoms in total. The quantitative estimate of drug-likeness (QED) is 0.595. The Morgan fingerprint density at radius 1 is 1.58 bits per heavy atom. The Morgan fingerprint density at radius 3 is 2.58 bits per heavy atom. The zero-order valence-electron chi connectivity index (χ0n) is 7.08. The van der Waals surface area contributed by atoms with Gasteiger partial charge in [0, 0.05) is 38.9 Å². The molecule has 1 aliphatic rings. The normalized spacial score (nSPS) is 25.2. The summed E-state index contributed by atoms with van der Waals surface area (Å²) in [7, 11) is 1.55. The summed E-state index contributed by atoms with van der Waals surface area (Å²) in [6.07, 6.45) is 1.33. The largest absolute Gasteiger partial charge is 0.772 e. The van der Waals surface area contributed by atoms with E-state index in [0.29, 0.717) is 26.1 Å². The monoisotopic (exact) mass is 193 g/mol. The molecule has 0 N–H and O–H groups in total. The van der Waals surface area contributed by atoms with E-state index in [9.17, 15) is 8.76 Å². The van der Waals surface area contributed by atoms with E-state index >= 15 is 0 Å². The molecular weight excluding hydrogens is 180 g/mol. The van der Waals surface area contributed by atoms with Crippen molar-refractivity contribution in [3.05, 3.63) is 0 Å². The van der Waals surface area contributed by atoms with Gasteiger partial charge in [0.15, 0.2) is 0 Å². The maximum absolute atomic E-state index is 10.5. The molecule has 1 aliphatic heterocycles. The highest BCUT2D eigenvalue weighted by molar-refractivity contribution is 7.79. The van der Waals surface area contributed by atoms with Crippen LogP contribution in [0.4, 0.5) is 0 Å². The first kappa shape index (κ1) is 10.1. The number of ether oxygens (including phenoxy) is 2. The molecule has 1 atom stereocenters. The van der Waals surface area contributed by atoms with Crippen LogP contribution in [0, 0.1) is 0 Å². The summed E-state index contributed by atoms with van der Waals surface area (Å²) in [4.78, 5) is 0. The van der Waals surface area contributed by atoms with E-state index in [2.05, 4.69) is 0 Å². The van der Waals surface area contributed by atoms with E-state index in [1.807, 2.05) is 0 Å². The highest BCUT2D eigenvalue weighted by Crippen LogP contribution is 2.24. The standard InChI is InChI=1S/C7H14O4S/c1-10-7(6-12(8)9)2-4-11-5-3-7/h2-6H2,1H3,(H,8,9)/p-1. The molecule has 12 heavy (non-hydrogen) atoms. The molecule has 0 aromatic rings. The molecule has 1 unspecified atom stereocenters. The van der Waals surface area contributed by atoms with Gasteiger partial charge in [0.05, 0.1) is 5.60 Å². The summed E-state index contributed by atoms with van der Waals surface area (Å²) in [5.41, 5.74) is -0.495. The molecule has 1 fully saturated rings. The van der Waals surface area contributed by atoms with Crippen molar-refractivity contribution in [2.75, 3.05) is 26.1 Å².